The maximum absolute atomic E-state index is 12.3. The first-order valence-corrected chi connectivity index (χ1v) is 7.30. The Hall–Kier alpha value is -1.46. The fraction of sp³-hybridized carbons (Fsp3) is 0.429. The molecule has 1 N–H and O–H groups in total. The number of benzene rings is 1. The topological polar surface area (TPSA) is 66.8 Å². The van der Waals surface area contributed by atoms with Crippen molar-refractivity contribution in [2.75, 3.05) is 6.54 Å². The first-order valence-electron chi connectivity index (χ1n) is 6.54. The molecule has 1 amide bonds. The Morgan fingerprint density at radius 1 is 1.33 bits per heavy atom. The number of carboxylic acids is 1. The average molecular weight is 332 g/mol. The first-order chi connectivity index (χ1) is 9.88. The molecule has 0 spiro atoms. The quantitative estimate of drug-likeness (QED) is 0.921. The number of carbonyl (C=O) groups excluding carboxylic acids is 1. The SMILES string of the molecule is CC(Oc1cc(Cl)cc(Cl)c1)C(=O)N1CCC[C@@H]1C(=O)O. The zero-order valence-corrected chi connectivity index (χ0v) is 12.9. The smallest absolute Gasteiger partial charge is 0.326 e. The minimum absolute atomic E-state index is 0.351. The molecule has 1 saturated heterocycles. The van der Waals surface area contributed by atoms with Crippen LogP contribution in [0.3, 0.4) is 0 Å². The zero-order valence-electron chi connectivity index (χ0n) is 11.4. The number of likely N-dealkylation sites (tertiary alicyclic amines) is 1. The zero-order chi connectivity index (χ0) is 15.6. The molecule has 0 aromatic heterocycles. The molecule has 7 heteroatoms. The maximum Gasteiger partial charge on any atom is 0.326 e. The molecule has 1 aromatic rings. The standard InChI is InChI=1S/C14H15Cl2NO4/c1-8(21-11-6-9(15)5-10(16)7-11)13(18)17-4-2-3-12(17)14(19)20/h5-8,12H,2-4H2,1H3,(H,19,20)/t8?,12-/m1/s1. The van der Waals surface area contributed by atoms with Crippen LogP contribution in [0.4, 0.5) is 0 Å². The van der Waals surface area contributed by atoms with E-state index in [1.165, 1.54) is 4.90 Å². The highest BCUT2D eigenvalue weighted by Gasteiger charge is 2.36. The molecule has 2 atom stereocenters. The molecule has 1 aliphatic heterocycles. The summed E-state index contributed by atoms with van der Waals surface area (Å²) in [4.78, 5) is 24.8. The highest BCUT2D eigenvalue weighted by molar-refractivity contribution is 6.34. The molecule has 1 heterocycles. The molecule has 1 unspecified atom stereocenters. The largest absolute Gasteiger partial charge is 0.481 e. The van der Waals surface area contributed by atoms with E-state index in [0.717, 1.165) is 0 Å². The van der Waals surface area contributed by atoms with Gasteiger partial charge in [0.1, 0.15) is 11.8 Å². The molecule has 0 bridgehead atoms. The number of carboxylic acid groups (broad SMARTS) is 1. The second-order valence-corrected chi connectivity index (χ2v) is 5.77. The van der Waals surface area contributed by atoms with Crippen molar-refractivity contribution in [1.82, 2.24) is 4.90 Å². The van der Waals surface area contributed by atoms with Gasteiger partial charge in [-0.1, -0.05) is 23.2 Å². The van der Waals surface area contributed by atoms with Crippen molar-refractivity contribution in [1.29, 1.82) is 0 Å². The van der Waals surface area contributed by atoms with Gasteiger partial charge in [-0.2, -0.15) is 0 Å². The number of carbonyl (C=O) groups is 2. The summed E-state index contributed by atoms with van der Waals surface area (Å²) in [5, 5.41) is 9.92. The minimum Gasteiger partial charge on any atom is -0.481 e. The second-order valence-electron chi connectivity index (χ2n) is 4.89. The van der Waals surface area contributed by atoms with Gasteiger partial charge in [-0.15, -0.1) is 0 Å². The lowest BCUT2D eigenvalue weighted by atomic mass is 10.2. The van der Waals surface area contributed by atoms with Crippen LogP contribution in [0.1, 0.15) is 19.8 Å². The number of amides is 1. The molecule has 0 radical (unpaired) electrons. The van der Waals surface area contributed by atoms with Gasteiger partial charge in [-0.25, -0.2) is 4.79 Å². The average Bonchev–Trinajstić information content (AvgIpc) is 2.85. The van der Waals surface area contributed by atoms with E-state index in [9.17, 15) is 9.59 Å². The Labute approximate surface area is 132 Å². The highest BCUT2D eigenvalue weighted by Crippen LogP contribution is 2.26. The van der Waals surface area contributed by atoms with Gasteiger partial charge in [-0.3, -0.25) is 4.79 Å². The third kappa shape index (κ3) is 3.80. The molecule has 1 fully saturated rings. The molecular weight excluding hydrogens is 317 g/mol. The summed E-state index contributed by atoms with van der Waals surface area (Å²) in [7, 11) is 0. The number of aliphatic carboxylic acids is 1. The van der Waals surface area contributed by atoms with Crippen LogP contribution < -0.4 is 4.74 Å². The Morgan fingerprint density at radius 2 is 1.95 bits per heavy atom. The third-order valence-corrected chi connectivity index (χ3v) is 3.75. The van der Waals surface area contributed by atoms with Crippen LogP contribution in [0.15, 0.2) is 18.2 Å². The van der Waals surface area contributed by atoms with Crippen LogP contribution >= 0.6 is 23.2 Å². The fourth-order valence-corrected chi connectivity index (χ4v) is 2.88. The molecule has 2 rings (SSSR count). The lowest BCUT2D eigenvalue weighted by Crippen LogP contribution is -2.46. The van der Waals surface area contributed by atoms with E-state index in [1.807, 2.05) is 0 Å². The van der Waals surface area contributed by atoms with Crippen LogP contribution in [0.25, 0.3) is 0 Å². The third-order valence-electron chi connectivity index (χ3n) is 3.32. The van der Waals surface area contributed by atoms with Crippen molar-refractivity contribution < 1.29 is 19.4 Å². The first kappa shape index (κ1) is 15.9. The lowest BCUT2D eigenvalue weighted by molar-refractivity contribution is -0.150. The van der Waals surface area contributed by atoms with Gasteiger partial charge in [0.15, 0.2) is 6.10 Å². The minimum atomic E-state index is -0.987. The number of rotatable bonds is 4. The van der Waals surface area contributed by atoms with Gasteiger partial charge in [-0.05, 0) is 38.0 Å². The summed E-state index contributed by atoms with van der Waals surface area (Å²) < 4.78 is 5.53. The van der Waals surface area contributed by atoms with Gasteiger partial charge in [0, 0.05) is 16.6 Å². The van der Waals surface area contributed by atoms with E-state index >= 15 is 0 Å². The molecular formula is C14H15Cl2NO4. The van der Waals surface area contributed by atoms with E-state index < -0.39 is 18.1 Å². The van der Waals surface area contributed by atoms with Crippen LogP contribution in [0, 0.1) is 0 Å². The Bertz CT molecular complexity index is 544. The molecule has 0 saturated carbocycles. The van der Waals surface area contributed by atoms with E-state index in [0.29, 0.717) is 35.2 Å². The van der Waals surface area contributed by atoms with Crippen LogP contribution in [-0.2, 0) is 9.59 Å². The van der Waals surface area contributed by atoms with E-state index in [-0.39, 0.29) is 5.91 Å². The lowest BCUT2D eigenvalue weighted by Gasteiger charge is -2.25. The predicted molar refractivity (Wildman–Crippen MR) is 78.9 cm³/mol. The van der Waals surface area contributed by atoms with Crippen molar-refractivity contribution in [2.24, 2.45) is 0 Å². The summed E-state index contributed by atoms with van der Waals surface area (Å²) in [5.41, 5.74) is 0. The van der Waals surface area contributed by atoms with Gasteiger partial charge in [0.2, 0.25) is 0 Å². The summed E-state index contributed by atoms with van der Waals surface area (Å²) in [6.45, 7) is 2.01. The van der Waals surface area contributed by atoms with Crippen LogP contribution in [-0.4, -0.2) is 40.6 Å². The summed E-state index contributed by atoms with van der Waals surface area (Å²) >= 11 is 11.7. The van der Waals surface area contributed by atoms with Crippen LogP contribution in [0.2, 0.25) is 10.0 Å². The molecule has 114 valence electrons. The maximum atomic E-state index is 12.3. The van der Waals surface area contributed by atoms with Crippen molar-refractivity contribution in [3.63, 3.8) is 0 Å². The Morgan fingerprint density at radius 3 is 2.52 bits per heavy atom. The molecule has 21 heavy (non-hydrogen) atoms. The van der Waals surface area contributed by atoms with Gasteiger partial charge >= 0.3 is 5.97 Å². The van der Waals surface area contributed by atoms with E-state index in [4.69, 9.17) is 33.0 Å². The van der Waals surface area contributed by atoms with Gasteiger partial charge in [0.25, 0.3) is 5.91 Å². The predicted octanol–water partition coefficient (Wildman–Crippen LogP) is 2.84. The van der Waals surface area contributed by atoms with Crippen molar-refractivity contribution >= 4 is 35.1 Å². The van der Waals surface area contributed by atoms with E-state index in [2.05, 4.69) is 0 Å². The van der Waals surface area contributed by atoms with Gasteiger partial charge in [0.05, 0.1) is 0 Å². The fourth-order valence-electron chi connectivity index (χ4n) is 2.37. The van der Waals surface area contributed by atoms with E-state index in [1.54, 1.807) is 25.1 Å². The van der Waals surface area contributed by atoms with Gasteiger partial charge < -0.3 is 14.7 Å². The molecule has 0 aliphatic carbocycles. The van der Waals surface area contributed by atoms with Crippen LogP contribution in [0.5, 0.6) is 5.75 Å². The number of hydrogen-bond donors (Lipinski definition) is 1. The summed E-state index contributed by atoms with van der Waals surface area (Å²) in [6.07, 6.45) is 0.342. The molecule has 1 aliphatic rings. The van der Waals surface area contributed by atoms with Crippen molar-refractivity contribution in [3.05, 3.63) is 28.2 Å². The summed E-state index contributed by atoms with van der Waals surface area (Å²) in [5.74, 6) is -0.964. The van der Waals surface area contributed by atoms with Crippen molar-refractivity contribution in [2.45, 2.75) is 31.9 Å². The molecule has 5 nitrogen and oxygen atoms in total. The Balaban J connectivity index is 2.07. The number of nitrogens with zero attached hydrogens (tertiary/aromatic N) is 1. The molecule has 1 aromatic carbocycles. The number of ether oxygens (including phenoxy) is 1. The highest BCUT2D eigenvalue weighted by atomic mass is 35.5. The second kappa shape index (κ2) is 6.54. The normalized spacial score (nSPS) is 19.4. The number of halogens is 2. The monoisotopic (exact) mass is 331 g/mol. The van der Waals surface area contributed by atoms with Crippen molar-refractivity contribution in [3.8, 4) is 5.75 Å². The summed E-state index contributed by atoms with van der Waals surface area (Å²) in [6, 6.07) is 3.89. The Kier molecular flexibility index (Phi) is 4.96. The number of hydrogen-bond acceptors (Lipinski definition) is 3.